The number of aliphatic hydroxyl groups is 1. The van der Waals surface area contributed by atoms with Crippen molar-refractivity contribution in [1.29, 1.82) is 0 Å². The molecule has 0 aromatic rings. The van der Waals surface area contributed by atoms with Gasteiger partial charge in [0.05, 0.1) is 13.0 Å². The molecule has 3 amide bonds. The molecular formula is C16H29N7O8. The predicted molar refractivity (Wildman–Crippen MR) is 106 cm³/mol. The Kier molecular flexibility index (Phi) is 12.2. The maximum Gasteiger partial charge on any atom is 0.326 e. The van der Waals surface area contributed by atoms with E-state index in [4.69, 9.17) is 32.5 Å². The van der Waals surface area contributed by atoms with Crippen LogP contribution in [0.5, 0.6) is 0 Å². The third-order valence-corrected chi connectivity index (χ3v) is 3.86. The summed E-state index contributed by atoms with van der Waals surface area (Å²) < 4.78 is 0. The third kappa shape index (κ3) is 11.3. The molecule has 0 aliphatic rings. The van der Waals surface area contributed by atoms with Crippen LogP contribution >= 0.6 is 0 Å². The highest BCUT2D eigenvalue weighted by atomic mass is 16.4. The number of carbonyl (C=O) groups is 5. The van der Waals surface area contributed by atoms with E-state index >= 15 is 0 Å². The van der Waals surface area contributed by atoms with Crippen LogP contribution in [0, 0.1) is 0 Å². The number of carbonyl (C=O) groups excluding carboxylic acids is 3. The summed E-state index contributed by atoms with van der Waals surface area (Å²) in [5.41, 5.74) is 15.8. The average Bonchev–Trinajstić information content (AvgIpc) is 2.67. The number of nitrogens with two attached hydrogens (primary N) is 3. The van der Waals surface area contributed by atoms with Crippen molar-refractivity contribution < 1.29 is 39.3 Å². The quantitative estimate of drug-likeness (QED) is 0.0693. The van der Waals surface area contributed by atoms with Crippen LogP contribution in [0.2, 0.25) is 0 Å². The second-order valence-corrected chi connectivity index (χ2v) is 6.53. The van der Waals surface area contributed by atoms with Crippen LogP contribution in [-0.2, 0) is 24.0 Å². The van der Waals surface area contributed by atoms with Crippen LogP contribution in [0.3, 0.4) is 0 Å². The molecule has 0 spiro atoms. The second kappa shape index (κ2) is 13.7. The molecule has 176 valence electrons. The molecule has 0 saturated carbocycles. The molecule has 0 bridgehead atoms. The Morgan fingerprint density at radius 3 is 2.00 bits per heavy atom. The first-order chi connectivity index (χ1) is 14.4. The zero-order valence-electron chi connectivity index (χ0n) is 16.9. The standard InChI is InChI=1S/C16H29N7O8/c1-7(21-13(28)8(17)6-24)12(27)22-9(3-2-4-20-16(18)19)14(29)23-10(15(30)31)5-11(25)26/h7-10,24H,2-6,17H2,1H3,(H,21,28)(H,22,27)(H,23,29)(H,25,26)(H,30,31)(H4,18,19,20). The highest BCUT2D eigenvalue weighted by Gasteiger charge is 2.29. The molecule has 0 radical (unpaired) electrons. The van der Waals surface area contributed by atoms with E-state index in [2.05, 4.69) is 20.9 Å². The summed E-state index contributed by atoms with van der Waals surface area (Å²) in [7, 11) is 0. The Hall–Kier alpha value is -3.46. The molecule has 0 aliphatic heterocycles. The molecule has 31 heavy (non-hydrogen) atoms. The summed E-state index contributed by atoms with van der Waals surface area (Å²) in [6, 6.07) is -5.39. The van der Waals surface area contributed by atoms with Gasteiger partial charge in [0, 0.05) is 6.54 Å². The molecule has 12 N–H and O–H groups in total. The minimum Gasteiger partial charge on any atom is -0.481 e. The first-order valence-electron chi connectivity index (χ1n) is 9.16. The largest absolute Gasteiger partial charge is 0.481 e. The molecule has 4 atom stereocenters. The number of aliphatic hydroxyl groups excluding tert-OH is 1. The van der Waals surface area contributed by atoms with Crippen molar-refractivity contribution in [3.05, 3.63) is 0 Å². The summed E-state index contributed by atoms with van der Waals surface area (Å²) in [4.78, 5) is 62.3. The molecule has 0 aliphatic carbocycles. The van der Waals surface area contributed by atoms with E-state index in [0.29, 0.717) is 0 Å². The zero-order valence-corrected chi connectivity index (χ0v) is 16.9. The van der Waals surface area contributed by atoms with Gasteiger partial charge in [0.25, 0.3) is 0 Å². The first kappa shape index (κ1) is 27.5. The number of nitrogens with one attached hydrogen (secondary N) is 3. The summed E-state index contributed by atoms with van der Waals surface area (Å²) in [6.45, 7) is 0.767. The van der Waals surface area contributed by atoms with Crippen LogP contribution in [-0.4, -0.2) is 88.3 Å². The number of hydrogen-bond acceptors (Lipinski definition) is 8. The van der Waals surface area contributed by atoms with E-state index in [0.717, 1.165) is 0 Å². The number of rotatable bonds is 14. The monoisotopic (exact) mass is 447 g/mol. The van der Waals surface area contributed by atoms with Gasteiger partial charge in [-0.1, -0.05) is 0 Å². The van der Waals surface area contributed by atoms with Crippen LogP contribution in [0.25, 0.3) is 0 Å². The van der Waals surface area contributed by atoms with Crippen molar-refractivity contribution in [3.8, 4) is 0 Å². The van der Waals surface area contributed by atoms with E-state index in [1.165, 1.54) is 6.92 Å². The third-order valence-electron chi connectivity index (χ3n) is 3.86. The minimum atomic E-state index is -1.72. The molecule has 0 rings (SSSR count). The van der Waals surface area contributed by atoms with Gasteiger partial charge < -0.3 is 48.5 Å². The van der Waals surface area contributed by atoms with Gasteiger partial charge in [-0.15, -0.1) is 0 Å². The minimum absolute atomic E-state index is 0.0232. The van der Waals surface area contributed by atoms with Gasteiger partial charge in [0.1, 0.15) is 24.2 Å². The number of guanidine groups is 1. The van der Waals surface area contributed by atoms with Crippen molar-refractivity contribution in [2.45, 2.75) is 50.4 Å². The number of carboxylic acid groups (broad SMARTS) is 2. The van der Waals surface area contributed by atoms with E-state index in [1.54, 1.807) is 0 Å². The molecule has 0 aromatic carbocycles. The summed E-state index contributed by atoms with van der Waals surface area (Å²) >= 11 is 0. The number of amides is 3. The Morgan fingerprint density at radius 2 is 1.52 bits per heavy atom. The van der Waals surface area contributed by atoms with Gasteiger partial charge in [0.2, 0.25) is 17.7 Å². The Morgan fingerprint density at radius 1 is 0.935 bits per heavy atom. The molecule has 15 heteroatoms. The predicted octanol–water partition coefficient (Wildman–Crippen LogP) is -4.61. The van der Waals surface area contributed by atoms with E-state index in [-0.39, 0.29) is 25.3 Å². The number of carboxylic acids is 2. The zero-order chi connectivity index (χ0) is 24.1. The highest BCUT2D eigenvalue weighted by molar-refractivity contribution is 5.94. The van der Waals surface area contributed by atoms with Crippen molar-refractivity contribution in [1.82, 2.24) is 16.0 Å². The number of nitrogens with zero attached hydrogens (tertiary/aromatic N) is 1. The normalized spacial score (nSPS) is 14.3. The Bertz CT molecular complexity index is 695. The average molecular weight is 447 g/mol. The lowest BCUT2D eigenvalue weighted by Crippen LogP contribution is -2.56. The summed E-state index contributed by atoms with van der Waals surface area (Å²) in [5, 5.41) is 33.4. The molecular weight excluding hydrogens is 418 g/mol. The van der Waals surface area contributed by atoms with Crippen molar-refractivity contribution in [3.63, 3.8) is 0 Å². The Labute approximate surface area is 177 Å². The van der Waals surface area contributed by atoms with Crippen molar-refractivity contribution >= 4 is 35.6 Å². The molecule has 0 heterocycles. The van der Waals surface area contributed by atoms with Crippen LogP contribution in [0.1, 0.15) is 26.2 Å². The van der Waals surface area contributed by atoms with Gasteiger partial charge in [-0.2, -0.15) is 0 Å². The van der Waals surface area contributed by atoms with Crippen LogP contribution < -0.4 is 33.2 Å². The topological polar surface area (TPSA) is 273 Å². The maximum atomic E-state index is 12.5. The molecule has 4 unspecified atom stereocenters. The second-order valence-electron chi connectivity index (χ2n) is 6.53. The molecule has 15 nitrogen and oxygen atoms in total. The number of aliphatic carboxylic acids is 2. The van der Waals surface area contributed by atoms with Crippen molar-refractivity contribution in [2.24, 2.45) is 22.2 Å². The highest BCUT2D eigenvalue weighted by Crippen LogP contribution is 2.02. The van der Waals surface area contributed by atoms with Crippen LogP contribution in [0.4, 0.5) is 0 Å². The van der Waals surface area contributed by atoms with Gasteiger partial charge in [-0.05, 0) is 19.8 Å². The van der Waals surface area contributed by atoms with Crippen LogP contribution in [0.15, 0.2) is 4.99 Å². The fraction of sp³-hybridized carbons (Fsp3) is 0.625. The van der Waals surface area contributed by atoms with Gasteiger partial charge in [0.15, 0.2) is 5.96 Å². The summed E-state index contributed by atoms with van der Waals surface area (Å²) in [5.74, 6) is -5.75. The maximum absolute atomic E-state index is 12.5. The SMILES string of the molecule is CC(NC(=O)C(N)CO)C(=O)NC(CCCN=C(N)N)C(=O)NC(CC(=O)O)C(=O)O. The summed E-state index contributed by atoms with van der Waals surface area (Å²) in [6.07, 6.45) is -0.686. The number of aliphatic imine (C=N–C) groups is 1. The molecule has 0 saturated heterocycles. The fourth-order valence-corrected chi connectivity index (χ4v) is 2.18. The van der Waals surface area contributed by atoms with Gasteiger partial charge >= 0.3 is 11.9 Å². The first-order valence-corrected chi connectivity index (χ1v) is 9.16. The van der Waals surface area contributed by atoms with E-state index < -0.39 is 66.9 Å². The van der Waals surface area contributed by atoms with Crippen molar-refractivity contribution in [2.75, 3.05) is 13.2 Å². The fourth-order valence-electron chi connectivity index (χ4n) is 2.18. The lowest BCUT2D eigenvalue weighted by molar-refractivity contribution is -0.147. The smallest absolute Gasteiger partial charge is 0.326 e. The Balaban J connectivity index is 5.25. The van der Waals surface area contributed by atoms with Gasteiger partial charge in [-0.25, -0.2) is 4.79 Å². The molecule has 0 aromatic heterocycles. The van der Waals surface area contributed by atoms with E-state index in [1.807, 2.05) is 0 Å². The van der Waals surface area contributed by atoms with Gasteiger partial charge in [-0.3, -0.25) is 24.2 Å². The van der Waals surface area contributed by atoms with E-state index in [9.17, 15) is 24.0 Å². The lowest BCUT2D eigenvalue weighted by atomic mass is 10.1. The lowest BCUT2D eigenvalue weighted by Gasteiger charge is -2.23. The molecule has 0 fully saturated rings. The number of hydrogen-bond donors (Lipinski definition) is 9.